The molecule has 2 heteroatoms. The molecule has 1 aromatic heterocycles. The van der Waals surface area contributed by atoms with Crippen LogP contribution in [-0.4, -0.2) is 0 Å². The van der Waals surface area contributed by atoms with Crippen molar-refractivity contribution in [3.05, 3.63) is 317 Å². The third-order valence-corrected chi connectivity index (χ3v) is 15.2. The summed E-state index contributed by atoms with van der Waals surface area (Å²) in [7, 11) is 0. The Morgan fingerprint density at radius 1 is 0.286 bits per heavy atom. The number of furan rings is 1. The number of para-hydroxylation sites is 1. The Hall–Kier alpha value is -8.98. The Morgan fingerprint density at radius 2 is 0.714 bits per heavy atom. The molecule has 0 radical (unpaired) electrons. The summed E-state index contributed by atoms with van der Waals surface area (Å²) in [6, 6.07) is 101. The normalized spacial score (nSPS) is 13.7. The molecule has 0 fully saturated rings. The number of fused-ring (bicyclic) bond motifs is 9. The summed E-state index contributed by atoms with van der Waals surface area (Å²) in [6.45, 7) is 0. The van der Waals surface area contributed by atoms with Crippen LogP contribution in [0.25, 0.3) is 55.3 Å². The fraction of sp³-hybridized carbons (Fsp3) is 0.0294. The second kappa shape index (κ2) is 15.8. The van der Waals surface area contributed by atoms with Crippen molar-refractivity contribution in [2.24, 2.45) is 0 Å². The molecule has 2 aliphatic carbocycles. The summed E-state index contributed by atoms with van der Waals surface area (Å²) in [5.41, 5.74) is 21.4. The smallest absolute Gasteiger partial charge is 0.135 e. The van der Waals surface area contributed by atoms with E-state index in [1.807, 2.05) is 12.1 Å². The van der Waals surface area contributed by atoms with E-state index >= 15 is 0 Å². The van der Waals surface area contributed by atoms with Gasteiger partial charge in [-0.15, -0.1) is 0 Å². The second-order valence-electron chi connectivity index (χ2n) is 18.7. The monoisotopic (exact) mass is 891 g/mol. The standard InChI is InChI=1S/C68H45NO/c1-4-19-48(20-5-1)67(60-30-14-10-25-54(60)55-26-11-15-31-61(55)67)51-38-42-53(43-39-51)69(52-40-35-46(36-41-52)47-37-44-65-59(45-47)57-28-13-17-34-64(57)70-65)63-33-18-29-58-56-27-12-16-32-62(56)68(66(58)63,49-21-6-2-7-22-49)50-23-8-3-9-24-50/h1-45H. The van der Waals surface area contributed by atoms with Crippen LogP contribution < -0.4 is 4.90 Å². The summed E-state index contributed by atoms with van der Waals surface area (Å²) >= 11 is 0. The van der Waals surface area contributed by atoms with Crippen LogP contribution in [-0.2, 0) is 10.8 Å². The number of nitrogens with zero attached hydrogens (tertiary/aromatic N) is 1. The Balaban J connectivity index is 1.00. The molecule has 0 aliphatic heterocycles. The molecule has 0 spiro atoms. The summed E-state index contributed by atoms with van der Waals surface area (Å²) in [6.07, 6.45) is 0. The van der Waals surface area contributed by atoms with Crippen LogP contribution in [0.3, 0.4) is 0 Å². The van der Waals surface area contributed by atoms with Crippen LogP contribution in [0.2, 0.25) is 0 Å². The van der Waals surface area contributed by atoms with Crippen molar-refractivity contribution in [3.63, 3.8) is 0 Å². The van der Waals surface area contributed by atoms with E-state index in [9.17, 15) is 0 Å². The highest BCUT2D eigenvalue weighted by atomic mass is 16.3. The van der Waals surface area contributed by atoms with Gasteiger partial charge in [0.15, 0.2) is 0 Å². The van der Waals surface area contributed by atoms with E-state index in [-0.39, 0.29) is 0 Å². The molecule has 0 saturated heterocycles. The molecule has 14 rings (SSSR count). The molecule has 0 amide bonds. The third-order valence-electron chi connectivity index (χ3n) is 15.2. The first-order valence-electron chi connectivity index (χ1n) is 24.2. The van der Waals surface area contributed by atoms with Crippen molar-refractivity contribution in [2.75, 3.05) is 4.90 Å². The van der Waals surface area contributed by atoms with Gasteiger partial charge in [0.1, 0.15) is 11.2 Å². The van der Waals surface area contributed by atoms with Gasteiger partial charge in [0.05, 0.1) is 16.5 Å². The molecule has 0 N–H and O–H groups in total. The quantitative estimate of drug-likeness (QED) is 0.151. The predicted octanol–water partition coefficient (Wildman–Crippen LogP) is 17.4. The molecular weight excluding hydrogens is 847 g/mol. The Kier molecular flexibility index (Phi) is 9.06. The van der Waals surface area contributed by atoms with Crippen LogP contribution in [0.1, 0.15) is 44.5 Å². The predicted molar refractivity (Wildman–Crippen MR) is 288 cm³/mol. The van der Waals surface area contributed by atoms with E-state index in [0.717, 1.165) is 50.1 Å². The van der Waals surface area contributed by atoms with Gasteiger partial charge in [0.25, 0.3) is 0 Å². The lowest BCUT2D eigenvalue weighted by atomic mass is 9.67. The topological polar surface area (TPSA) is 16.4 Å². The van der Waals surface area contributed by atoms with Crippen molar-refractivity contribution in [1.82, 2.24) is 0 Å². The van der Waals surface area contributed by atoms with Crippen molar-refractivity contribution >= 4 is 39.0 Å². The molecule has 0 bridgehead atoms. The number of rotatable bonds is 8. The maximum Gasteiger partial charge on any atom is 0.135 e. The SMILES string of the molecule is c1ccc(C2(c3ccc(N(c4ccc(-c5ccc6oc7ccccc7c6c5)cc4)c4cccc5c4C(c4ccccc4)(c4ccccc4)c4ccccc4-5)cc3)c3ccccc3-c3ccccc32)cc1. The van der Waals surface area contributed by atoms with Crippen LogP contribution >= 0.6 is 0 Å². The zero-order valence-corrected chi connectivity index (χ0v) is 38.3. The lowest BCUT2D eigenvalue weighted by molar-refractivity contribution is 0.669. The molecule has 11 aromatic carbocycles. The van der Waals surface area contributed by atoms with Gasteiger partial charge < -0.3 is 9.32 Å². The van der Waals surface area contributed by atoms with E-state index < -0.39 is 10.8 Å². The average Bonchev–Trinajstić information content (AvgIpc) is 4.08. The molecule has 2 nitrogen and oxygen atoms in total. The lowest BCUT2D eigenvalue weighted by Crippen LogP contribution is -2.30. The molecule has 328 valence electrons. The highest BCUT2D eigenvalue weighted by molar-refractivity contribution is 6.06. The zero-order valence-electron chi connectivity index (χ0n) is 38.3. The first-order chi connectivity index (χ1) is 34.7. The Bertz CT molecular complexity index is 3840. The van der Waals surface area contributed by atoms with E-state index in [0.29, 0.717) is 0 Å². The molecule has 0 saturated carbocycles. The summed E-state index contributed by atoms with van der Waals surface area (Å²) in [5.74, 6) is 0. The molecule has 2 aliphatic rings. The van der Waals surface area contributed by atoms with Crippen molar-refractivity contribution in [1.29, 1.82) is 0 Å². The second-order valence-corrected chi connectivity index (χ2v) is 18.7. The van der Waals surface area contributed by atoms with E-state index in [1.54, 1.807) is 0 Å². The first-order valence-corrected chi connectivity index (χ1v) is 24.2. The van der Waals surface area contributed by atoms with Gasteiger partial charge in [0, 0.05) is 27.7 Å². The van der Waals surface area contributed by atoms with E-state index in [1.165, 1.54) is 66.8 Å². The van der Waals surface area contributed by atoms with Gasteiger partial charge in [-0.25, -0.2) is 0 Å². The van der Waals surface area contributed by atoms with Crippen LogP contribution in [0.4, 0.5) is 17.1 Å². The van der Waals surface area contributed by atoms with Gasteiger partial charge in [-0.3, -0.25) is 0 Å². The fourth-order valence-corrected chi connectivity index (χ4v) is 12.4. The molecule has 70 heavy (non-hydrogen) atoms. The average molecular weight is 892 g/mol. The largest absolute Gasteiger partial charge is 0.456 e. The zero-order chi connectivity index (χ0) is 46.2. The van der Waals surface area contributed by atoms with Crippen LogP contribution in [0, 0.1) is 0 Å². The van der Waals surface area contributed by atoms with E-state index in [2.05, 4.69) is 266 Å². The minimum absolute atomic E-state index is 0.508. The van der Waals surface area contributed by atoms with Crippen molar-refractivity contribution in [3.8, 4) is 33.4 Å². The number of hydrogen-bond donors (Lipinski definition) is 0. The fourth-order valence-electron chi connectivity index (χ4n) is 12.4. The summed E-state index contributed by atoms with van der Waals surface area (Å²) < 4.78 is 6.23. The lowest BCUT2D eigenvalue weighted by Gasteiger charge is -2.38. The summed E-state index contributed by atoms with van der Waals surface area (Å²) in [5, 5.41) is 2.25. The van der Waals surface area contributed by atoms with Crippen LogP contribution in [0.5, 0.6) is 0 Å². The summed E-state index contributed by atoms with van der Waals surface area (Å²) in [4.78, 5) is 2.50. The van der Waals surface area contributed by atoms with Gasteiger partial charge in [-0.2, -0.15) is 0 Å². The van der Waals surface area contributed by atoms with Crippen molar-refractivity contribution < 1.29 is 4.42 Å². The Labute approximate surface area is 408 Å². The van der Waals surface area contributed by atoms with Crippen molar-refractivity contribution in [2.45, 2.75) is 10.8 Å². The highest BCUT2D eigenvalue weighted by Crippen LogP contribution is 2.61. The third kappa shape index (κ3) is 5.74. The number of anilines is 3. The first kappa shape index (κ1) is 40.1. The van der Waals surface area contributed by atoms with Gasteiger partial charge in [-0.05, 0) is 121 Å². The maximum atomic E-state index is 6.23. The number of hydrogen-bond acceptors (Lipinski definition) is 2. The highest BCUT2D eigenvalue weighted by Gasteiger charge is 2.49. The van der Waals surface area contributed by atoms with Gasteiger partial charge in [0.2, 0.25) is 0 Å². The van der Waals surface area contributed by atoms with Gasteiger partial charge >= 0.3 is 0 Å². The van der Waals surface area contributed by atoms with Gasteiger partial charge in [-0.1, -0.05) is 224 Å². The Morgan fingerprint density at radius 3 is 1.31 bits per heavy atom. The molecule has 0 atom stereocenters. The molecule has 1 heterocycles. The van der Waals surface area contributed by atoms with E-state index in [4.69, 9.17) is 4.42 Å². The van der Waals surface area contributed by atoms with Crippen LogP contribution in [0.15, 0.2) is 277 Å². The molecular formula is C68H45NO. The number of benzene rings is 11. The minimum atomic E-state index is -0.611. The molecule has 12 aromatic rings. The minimum Gasteiger partial charge on any atom is -0.456 e. The molecule has 0 unspecified atom stereocenters. The maximum absolute atomic E-state index is 6.23.